The fourth-order valence-corrected chi connectivity index (χ4v) is 3.33. The Balaban J connectivity index is 1.67. The molecular formula is C17H19N3O2S. The summed E-state index contributed by atoms with van der Waals surface area (Å²) in [6.45, 7) is 4.45. The number of thiazole rings is 1. The maximum absolute atomic E-state index is 12.3. The highest BCUT2D eigenvalue weighted by molar-refractivity contribution is 7.15. The Morgan fingerprint density at radius 1 is 1.39 bits per heavy atom. The molecule has 1 saturated heterocycles. The molecule has 0 bridgehead atoms. The van der Waals surface area contributed by atoms with Gasteiger partial charge in [0.25, 0.3) is 0 Å². The summed E-state index contributed by atoms with van der Waals surface area (Å²) >= 11 is 1.44. The van der Waals surface area contributed by atoms with Crippen LogP contribution in [0.5, 0.6) is 0 Å². The Kier molecular flexibility index (Phi) is 4.43. The zero-order chi connectivity index (χ0) is 16.4. The number of nitrogens with zero attached hydrogens (tertiary/aromatic N) is 2. The van der Waals surface area contributed by atoms with E-state index in [0.717, 1.165) is 17.0 Å². The molecule has 0 spiro atoms. The zero-order valence-corrected chi connectivity index (χ0v) is 14.0. The Hall–Kier alpha value is -2.21. The number of hydrogen-bond acceptors (Lipinski definition) is 4. The molecule has 6 heteroatoms. The number of anilines is 2. The SMILES string of the molecule is CCc1ccc(N2CC(C(=O)Nc3ncc(C)s3)CC2=O)cc1. The summed E-state index contributed by atoms with van der Waals surface area (Å²) in [5, 5.41) is 3.39. The molecule has 2 heterocycles. The van der Waals surface area contributed by atoms with Gasteiger partial charge in [-0.3, -0.25) is 9.59 Å². The van der Waals surface area contributed by atoms with E-state index in [0.29, 0.717) is 11.7 Å². The lowest BCUT2D eigenvalue weighted by atomic mass is 10.1. The third-order valence-corrected chi connectivity index (χ3v) is 4.83. The number of aryl methyl sites for hydroxylation is 2. The number of carbonyl (C=O) groups excluding carboxylic acids is 2. The third kappa shape index (κ3) is 3.42. The number of amides is 2. The van der Waals surface area contributed by atoms with Crippen molar-refractivity contribution in [2.45, 2.75) is 26.7 Å². The fraction of sp³-hybridized carbons (Fsp3) is 0.353. The van der Waals surface area contributed by atoms with E-state index in [9.17, 15) is 9.59 Å². The Morgan fingerprint density at radius 3 is 2.74 bits per heavy atom. The summed E-state index contributed by atoms with van der Waals surface area (Å²) in [6, 6.07) is 7.94. The van der Waals surface area contributed by atoms with Gasteiger partial charge >= 0.3 is 0 Å². The van der Waals surface area contributed by atoms with Crippen LogP contribution >= 0.6 is 11.3 Å². The number of aromatic nitrogens is 1. The van der Waals surface area contributed by atoms with Gasteiger partial charge in [0.2, 0.25) is 11.8 Å². The summed E-state index contributed by atoms with van der Waals surface area (Å²) in [4.78, 5) is 31.4. The second kappa shape index (κ2) is 6.50. The van der Waals surface area contributed by atoms with E-state index >= 15 is 0 Å². The molecule has 2 aromatic rings. The molecule has 0 aliphatic carbocycles. The van der Waals surface area contributed by atoms with Gasteiger partial charge in [-0.2, -0.15) is 0 Å². The molecule has 0 saturated carbocycles. The Bertz CT molecular complexity index is 724. The number of carbonyl (C=O) groups is 2. The molecule has 0 radical (unpaired) electrons. The molecule has 120 valence electrons. The molecule has 3 rings (SSSR count). The lowest BCUT2D eigenvalue weighted by Crippen LogP contribution is -2.28. The second-order valence-corrected chi connectivity index (χ2v) is 6.93. The predicted molar refractivity (Wildman–Crippen MR) is 91.8 cm³/mol. The predicted octanol–water partition coefficient (Wildman–Crippen LogP) is 3.01. The van der Waals surface area contributed by atoms with Crippen LogP contribution < -0.4 is 10.2 Å². The van der Waals surface area contributed by atoms with E-state index in [2.05, 4.69) is 17.2 Å². The maximum Gasteiger partial charge on any atom is 0.231 e. The summed E-state index contributed by atoms with van der Waals surface area (Å²) in [6.07, 6.45) is 2.93. The van der Waals surface area contributed by atoms with Crippen molar-refractivity contribution in [2.75, 3.05) is 16.8 Å². The van der Waals surface area contributed by atoms with Crippen LogP contribution in [0.25, 0.3) is 0 Å². The first kappa shape index (κ1) is 15.7. The maximum atomic E-state index is 12.3. The second-order valence-electron chi connectivity index (χ2n) is 5.69. The van der Waals surface area contributed by atoms with E-state index in [1.807, 2.05) is 31.2 Å². The van der Waals surface area contributed by atoms with Gasteiger partial charge in [0.15, 0.2) is 5.13 Å². The molecule has 23 heavy (non-hydrogen) atoms. The summed E-state index contributed by atoms with van der Waals surface area (Å²) < 4.78 is 0. The van der Waals surface area contributed by atoms with Crippen LogP contribution in [0.4, 0.5) is 10.8 Å². The third-order valence-electron chi connectivity index (χ3n) is 4.00. The van der Waals surface area contributed by atoms with Crippen molar-refractivity contribution in [3.8, 4) is 0 Å². The van der Waals surface area contributed by atoms with Gasteiger partial charge in [-0.05, 0) is 31.0 Å². The van der Waals surface area contributed by atoms with E-state index in [1.165, 1.54) is 16.9 Å². The van der Waals surface area contributed by atoms with E-state index < -0.39 is 0 Å². The highest BCUT2D eigenvalue weighted by Crippen LogP contribution is 2.27. The van der Waals surface area contributed by atoms with Gasteiger partial charge in [0.1, 0.15) is 0 Å². The monoisotopic (exact) mass is 329 g/mol. The zero-order valence-electron chi connectivity index (χ0n) is 13.2. The van der Waals surface area contributed by atoms with Crippen LogP contribution in [-0.4, -0.2) is 23.3 Å². The Labute approximate surface area is 139 Å². The van der Waals surface area contributed by atoms with Crippen molar-refractivity contribution in [3.63, 3.8) is 0 Å². The van der Waals surface area contributed by atoms with Crippen molar-refractivity contribution in [1.29, 1.82) is 0 Å². The quantitative estimate of drug-likeness (QED) is 0.938. The van der Waals surface area contributed by atoms with Crippen LogP contribution in [-0.2, 0) is 16.0 Å². The van der Waals surface area contributed by atoms with Crippen molar-refractivity contribution in [3.05, 3.63) is 40.9 Å². The smallest absolute Gasteiger partial charge is 0.231 e. The highest BCUT2D eigenvalue weighted by Gasteiger charge is 2.35. The van der Waals surface area contributed by atoms with Crippen molar-refractivity contribution in [2.24, 2.45) is 5.92 Å². The first-order valence-corrected chi connectivity index (χ1v) is 8.51. The first-order chi connectivity index (χ1) is 11.1. The molecule has 2 amide bonds. The van der Waals surface area contributed by atoms with Crippen molar-refractivity contribution < 1.29 is 9.59 Å². The first-order valence-electron chi connectivity index (χ1n) is 7.69. The van der Waals surface area contributed by atoms with E-state index in [4.69, 9.17) is 0 Å². The lowest BCUT2D eigenvalue weighted by Gasteiger charge is -2.17. The van der Waals surface area contributed by atoms with E-state index in [1.54, 1.807) is 11.1 Å². The molecule has 5 nitrogen and oxygen atoms in total. The van der Waals surface area contributed by atoms with Crippen molar-refractivity contribution >= 4 is 34.0 Å². The Morgan fingerprint density at radius 2 is 2.13 bits per heavy atom. The average Bonchev–Trinajstić information content (AvgIpc) is 3.13. The largest absolute Gasteiger partial charge is 0.312 e. The molecule has 1 unspecified atom stereocenters. The number of nitrogens with one attached hydrogen (secondary N) is 1. The van der Waals surface area contributed by atoms with Gasteiger partial charge in [-0.15, -0.1) is 11.3 Å². The lowest BCUT2D eigenvalue weighted by molar-refractivity contribution is -0.122. The molecular weight excluding hydrogens is 310 g/mol. The van der Waals surface area contributed by atoms with Gasteiger partial charge < -0.3 is 10.2 Å². The topological polar surface area (TPSA) is 62.3 Å². The van der Waals surface area contributed by atoms with Crippen LogP contribution in [0, 0.1) is 12.8 Å². The normalized spacial score (nSPS) is 17.6. The summed E-state index contributed by atoms with van der Waals surface area (Å²) in [5.74, 6) is -0.484. The summed E-state index contributed by atoms with van der Waals surface area (Å²) in [5.41, 5.74) is 2.08. The number of hydrogen-bond donors (Lipinski definition) is 1. The van der Waals surface area contributed by atoms with Crippen molar-refractivity contribution in [1.82, 2.24) is 4.98 Å². The number of rotatable bonds is 4. The van der Waals surface area contributed by atoms with Crippen LogP contribution in [0.1, 0.15) is 23.8 Å². The molecule has 1 aliphatic rings. The minimum absolute atomic E-state index is 0.00952. The van der Waals surface area contributed by atoms with E-state index in [-0.39, 0.29) is 24.2 Å². The highest BCUT2D eigenvalue weighted by atomic mass is 32.1. The van der Waals surface area contributed by atoms with Gasteiger partial charge in [0, 0.05) is 29.7 Å². The minimum Gasteiger partial charge on any atom is -0.312 e. The van der Waals surface area contributed by atoms with Gasteiger partial charge in [-0.1, -0.05) is 19.1 Å². The molecule has 1 aromatic heterocycles. The molecule has 1 N–H and O–H groups in total. The van der Waals surface area contributed by atoms with Gasteiger partial charge in [-0.25, -0.2) is 4.98 Å². The average molecular weight is 329 g/mol. The van der Waals surface area contributed by atoms with Crippen LogP contribution in [0.3, 0.4) is 0 Å². The summed E-state index contributed by atoms with van der Waals surface area (Å²) in [7, 11) is 0. The fourth-order valence-electron chi connectivity index (χ4n) is 2.66. The van der Waals surface area contributed by atoms with Gasteiger partial charge in [0.05, 0.1) is 5.92 Å². The minimum atomic E-state index is -0.336. The standard InChI is InChI=1S/C17H19N3O2S/c1-3-12-4-6-14(7-5-12)20-10-13(8-15(20)21)16(22)19-17-18-9-11(2)23-17/h4-7,9,13H,3,8,10H2,1-2H3,(H,18,19,22). The molecule has 1 fully saturated rings. The molecule has 1 aromatic carbocycles. The molecule has 1 atom stereocenters. The number of benzene rings is 1. The van der Waals surface area contributed by atoms with Crippen LogP contribution in [0.15, 0.2) is 30.5 Å². The van der Waals surface area contributed by atoms with Crippen LogP contribution in [0.2, 0.25) is 0 Å². The molecule has 1 aliphatic heterocycles.